The molecule has 0 aliphatic heterocycles. The van der Waals surface area contributed by atoms with Gasteiger partial charge in [-0.15, -0.1) is 0 Å². The number of hydrogen-bond donors (Lipinski definition) is 1. The van der Waals surface area contributed by atoms with E-state index in [-0.39, 0.29) is 0 Å². The molecule has 1 aromatic rings. The van der Waals surface area contributed by atoms with Gasteiger partial charge in [0, 0.05) is 10.4 Å². The molecule has 3 heteroatoms. The van der Waals surface area contributed by atoms with Crippen LogP contribution in [-0.4, -0.2) is 5.84 Å². The zero-order valence-electron chi connectivity index (χ0n) is 9.32. The van der Waals surface area contributed by atoms with Crippen molar-refractivity contribution < 1.29 is 0 Å². The second kappa shape index (κ2) is 5.48. The standard InChI is InChI=1S/C13H17BrN2/c14-11-7-4-8-12(9-11)16-13(15)10-5-2-1-3-6-10/h4,7-10H,1-3,5-6H2,(H2,15,16). The number of hydrogen-bond acceptors (Lipinski definition) is 1. The van der Waals surface area contributed by atoms with Gasteiger partial charge < -0.3 is 5.73 Å². The Kier molecular flexibility index (Phi) is 3.99. The average Bonchev–Trinajstić information content (AvgIpc) is 2.30. The van der Waals surface area contributed by atoms with E-state index in [2.05, 4.69) is 20.9 Å². The van der Waals surface area contributed by atoms with Crippen LogP contribution in [-0.2, 0) is 0 Å². The highest BCUT2D eigenvalue weighted by molar-refractivity contribution is 9.10. The van der Waals surface area contributed by atoms with E-state index in [0.717, 1.165) is 16.0 Å². The molecule has 0 atom stereocenters. The Bertz CT molecular complexity index is 381. The first-order chi connectivity index (χ1) is 7.75. The number of aliphatic imine (C=N–C) groups is 1. The second-order valence-corrected chi connectivity index (χ2v) is 5.27. The van der Waals surface area contributed by atoms with Gasteiger partial charge in [-0.05, 0) is 31.0 Å². The number of nitrogens with two attached hydrogens (primary N) is 1. The van der Waals surface area contributed by atoms with Crippen LogP contribution in [0.3, 0.4) is 0 Å². The highest BCUT2D eigenvalue weighted by atomic mass is 79.9. The summed E-state index contributed by atoms with van der Waals surface area (Å²) in [7, 11) is 0. The summed E-state index contributed by atoms with van der Waals surface area (Å²) in [6.07, 6.45) is 6.33. The summed E-state index contributed by atoms with van der Waals surface area (Å²) in [4.78, 5) is 4.51. The van der Waals surface area contributed by atoms with Gasteiger partial charge in [0.15, 0.2) is 0 Å². The fourth-order valence-corrected chi connectivity index (χ4v) is 2.57. The Hall–Kier alpha value is -0.830. The van der Waals surface area contributed by atoms with Crippen molar-refractivity contribution in [2.45, 2.75) is 32.1 Å². The van der Waals surface area contributed by atoms with E-state index in [1.807, 2.05) is 24.3 Å². The van der Waals surface area contributed by atoms with Crippen LogP contribution in [0.5, 0.6) is 0 Å². The first-order valence-electron chi connectivity index (χ1n) is 5.85. The van der Waals surface area contributed by atoms with Crippen LogP contribution in [0.1, 0.15) is 32.1 Å². The average molecular weight is 281 g/mol. The fraction of sp³-hybridized carbons (Fsp3) is 0.462. The van der Waals surface area contributed by atoms with Crippen LogP contribution in [0.15, 0.2) is 33.7 Å². The van der Waals surface area contributed by atoms with Crippen molar-refractivity contribution in [1.82, 2.24) is 0 Å². The van der Waals surface area contributed by atoms with E-state index in [9.17, 15) is 0 Å². The van der Waals surface area contributed by atoms with Crippen LogP contribution >= 0.6 is 15.9 Å². The summed E-state index contributed by atoms with van der Waals surface area (Å²) in [5.74, 6) is 1.30. The minimum Gasteiger partial charge on any atom is -0.387 e. The smallest absolute Gasteiger partial charge is 0.103 e. The molecule has 0 unspecified atom stereocenters. The van der Waals surface area contributed by atoms with Crippen molar-refractivity contribution >= 4 is 27.5 Å². The molecule has 1 aromatic carbocycles. The van der Waals surface area contributed by atoms with Gasteiger partial charge in [0.1, 0.15) is 5.84 Å². The Balaban J connectivity index is 2.10. The SMILES string of the molecule is NC(=Nc1cccc(Br)c1)C1CCCCC1. The van der Waals surface area contributed by atoms with E-state index >= 15 is 0 Å². The number of halogens is 1. The van der Waals surface area contributed by atoms with E-state index in [4.69, 9.17) is 5.73 Å². The quantitative estimate of drug-likeness (QED) is 0.645. The first kappa shape index (κ1) is 11.6. The largest absolute Gasteiger partial charge is 0.387 e. The Morgan fingerprint density at radius 1 is 1.25 bits per heavy atom. The van der Waals surface area contributed by atoms with E-state index in [1.165, 1.54) is 32.1 Å². The van der Waals surface area contributed by atoms with Gasteiger partial charge >= 0.3 is 0 Å². The second-order valence-electron chi connectivity index (χ2n) is 4.35. The maximum atomic E-state index is 6.07. The maximum absolute atomic E-state index is 6.07. The Morgan fingerprint density at radius 3 is 2.69 bits per heavy atom. The number of rotatable bonds is 2. The third-order valence-corrected chi connectivity index (χ3v) is 3.58. The van der Waals surface area contributed by atoms with Gasteiger partial charge in [-0.2, -0.15) is 0 Å². The molecule has 0 heterocycles. The summed E-state index contributed by atoms with van der Waals surface area (Å²) in [5, 5.41) is 0. The van der Waals surface area contributed by atoms with Crippen molar-refractivity contribution in [3.05, 3.63) is 28.7 Å². The fourth-order valence-electron chi connectivity index (χ4n) is 2.18. The van der Waals surface area contributed by atoms with Gasteiger partial charge in [-0.3, -0.25) is 0 Å². The zero-order valence-corrected chi connectivity index (χ0v) is 10.9. The molecule has 0 amide bonds. The Labute approximate surface area is 105 Å². The van der Waals surface area contributed by atoms with Gasteiger partial charge in [0.2, 0.25) is 0 Å². The lowest BCUT2D eigenvalue weighted by molar-refractivity contribution is 0.437. The first-order valence-corrected chi connectivity index (χ1v) is 6.64. The number of amidine groups is 1. The lowest BCUT2D eigenvalue weighted by atomic mass is 9.88. The number of nitrogens with zero attached hydrogens (tertiary/aromatic N) is 1. The topological polar surface area (TPSA) is 38.4 Å². The van der Waals surface area contributed by atoms with E-state index in [1.54, 1.807) is 0 Å². The molecule has 0 radical (unpaired) electrons. The minimum absolute atomic E-state index is 0.493. The molecule has 0 saturated heterocycles. The van der Waals surface area contributed by atoms with Crippen LogP contribution in [0.2, 0.25) is 0 Å². The third kappa shape index (κ3) is 3.08. The number of benzene rings is 1. The highest BCUT2D eigenvalue weighted by Gasteiger charge is 2.16. The molecule has 0 bridgehead atoms. The van der Waals surface area contributed by atoms with Crippen LogP contribution < -0.4 is 5.73 Å². The van der Waals surface area contributed by atoms with Crippen molar-refractivity contribution in [3.63, 3.8) is 0 Å². The van der Waals surface area contributed by atoms with Gasteiger partial charge in [0.25, 0.3) is 0 Å². The molecule has 1 fully saturated rings. The summed E-state index contributed by atoms with van der Waals surface area (Å²) in [5.41, 5.74) is 7.01. The van der Waals surface area contributed by atoms with Crippen molar-refractivity contribution in [2.24, 2.45) is 16.6 Å². The van der Waals surface area contributed by atoms with Crippen molar-refractivity contribution in [2.75, 3.05) is 0 Å². The van der Waals surface area contributed by atoms with Crippen LogP contribution in [0.25, 0.3) is 0 Å². The molecule has 2 nitrogen and oxygen atoms in total. The molecule has 1 saturated carbocycles. The third-order valence-electron chi connectivity index (χ3n) is 3.09. The Morgan fingerprint density at radius 2 is 2.00 bits per heavy atom. The maximum Gasteiger partial charge on any atom is 0.103 e. The molecular weight excluding hydrogens is 264 g/mol. The summed E-state index contributed by atoms with van der Waals surface area (Å²) >= 11 is 3.44. The minimum atomic E-state index is 0.493. The van der Waals surface area contributed by atoms with Crippen LogP contribution in [0.4, 0.5) is 5.69 Å². The van der Waals surface area contributed by atoms with Crippen molar-refractivity contribution in [1.29, 1.82) is 0 Å². The zero-order chi connectivity index (χ0) is 11.4. The monoisotopic (exact) mass is 280 g/mol. The van der Waals surface area contributed by atoms with E-state index in [0.29, 0.717) is 5.92 Å². The summed E-state index contributed by atoms with van der Waals surface area (Å²) in [6.45, 7) is 0. The van der Waals surface area contributed by atoms with Gasteiger partial charge in [-0.25, -0.2) is 4.99 Å². The van der Waals surface area contributed by atoms with Crippen molar-refractivity contribution in [3.8, 4) is 0 Å². The predicted molar refractivity (Wildman–Crippen MR) is 72.0 cm³/mol. The lowest BCUT2D eigenvalue weighted by Gasteiger charge is -2.20. The molecule has 16 heavy (non-hydrogen) atoms. The molecular formula is C13H17BrN2. The molecule has 2 rings (SSSR count). The normalized spacial score (nSPS) is 18.7. The molecule has 86 valence electrons. The van der Waals surface area contributed by atoms with Gasteiger partial charge in [0.05, 0.1) is 5.69 Å². The highest BCUT2D eigenvalue weighted by Crippen LogP contribution is 2.25. The molecule has 0 aromatic heterocycles. The molecule has 2 N–H and O–H groups in total. The summed E-state index contributed by atoms with van der Waals surface area (Å²) < 4.78 is 1.05. The molecule has 1 aliphatic rings. The lowest BCUT2D eigenvalue weighted by Crippen LogP contribution is -2.25. The molecule has 1 aliphatic carbocycles. The summed E-state index contributed by atoms with van der Waals surface area (Å²) in [6, 6.07) is 7.96. The molecule has 0 spiro atoms. The van der Waals surface area contributed by atoms with Gasteiger partial charge in [-0.1, -0.05) is 41.3 Å². The van der Waals surface area contributed by atoms with Crippen LogP contribution in [0, 0.1) is 5.92 Å². The predicted octanol–water partition coefficient (Wildman–Crippen LogP) is 4.02. The van der Waals surface area contributed by atoms with E-state index < -0.39 is 0 Å².